The molecule has 0 bridgehead atoms. The number of carbonyl (C=O) groups excluding carboxylic acids is 1. The Morgan fingerprint density at radius 2 is 1.56 bits per heavy atom. The second-order valence-corrected chi connectivity index (χ2v) is 6.16. The topological polar surface area (TPSA) is 68.8 Å². The lowest BCUT2D eigenvalue weighted by atomic mass is 10.2. The van der Waals surface area contributed by atoms with E-state index >= 15 is 0 Å². The van der Waals surface area contributed by atoms with E-state index in [0.717, 1.165) is 24.2 Å². The molecular weight excluding hydrogens is 364 g/mol. The maximum atomic E-state index is 11.9. The number of thiocarbonyl (C=S) groups is 1. The number of hydrogen-bond acceptors (Lipinski definition) is 5. The number of esters is 1. The molecule has 2 aromatic rings. The summed E-state index contributed by atoms with van der Waals surface area (Å²) in [6.07, 6.45) is 1.85. The van der Waals surface area contributed by atoms with Crippen LogP contribution in [0.1, 0.15) is 30.1 Å². The van der Waals surface area contributed by atoms with Crippen molar-refractivity contribution in [2.45, 2.75) is 19.8 Å². The highest BCUT2D eigenvalue weighted by Gasteiger charge is 2.08. The SMILES string of the molecule is CCCCOC(=O)c1ccc(NC(=S)Nc2cc(OC)cc(OC)c2)cc1. The summed E-state index contributed by atoms with van der Waals surface area (Å²) in [6, 6.07) is 12.4. The first kappa shape index (κ1) is 20.5. The number of carbonyl (C=O) groups is 1. The van der Waals surface area contributed by atoms with Gasteiger partial charge >= 0.3 is 5.97 Å². The van der Waals surface area contributed by atoms with Gasteiger partial charge in [0.05, 0.1) is 26.4 Å². The molecule has 2 rings (SSSR count). The zero-order chi connectivity index (χ0) is 19.6. The van der Waals surface area contributed by atoms with Crippen molar-refractivity contribution in [3.63, 3.8) is 0 Å². The quantitative estimate of drug-likeness (QED) is 0.393. The largest absolute Gasteiger partial charge is 0.497 e. The Hall–Kier alpha value is -2.80. The maximum Gasteiger partial charge on any atom is 0.338 e. The lowest BCUT2D eigenvalue weighted by Crippen LogP contribution is -2.19. The fourth-order valence-corrected chi connectivity index (χ4v) is 2.49. The average molecular weight is 388 g/mol. The fraction of sp³-hybridized carbons (Fsp3) is 0.300. The number of hydrogen-bond donors (Lipinski definition) is 2. The van der Waals surface area contributed by atoms with Gasteiger partial charge in [0.2, 0.25) is 0 Å². The lowest BCUT2D eigenvalue weighted by Gasteiger charge is -2.13. The van der Waals surface area contributed by atoms with Gasteiger partial charge in [-0.3, -0.25) is 0 Å². The average Bonchev–Trinajstić information content (AvgIpc) is 2.68. The van der Waals surface area contributed by atoms with Crippen molar-refractivity contribution in [1.29, 1.82) is 0 Å². The van der Waals surface area contributed by atoms with Crippen LogP contribution in [0, 0.1) is 0 Å². The Balaban J connectivity index is 1.95. The molecule has 0 aliphatic carbocycles. The number of unbranched alkanes of at least 4 members (excludes halogenated alkanes) is 1. The van der Waals surface area contributed by atoms with Gasteiger partial charge in [0, 0.05) is 29.6 Å². The highest BCUT2D eigenvalue weighted by atomic mass is 32.1. The number of benzene rings is 2. The first-order chi connectivity index (χ1) is 13.0. The molecule has 27 heavy (non-hydrogen) atoms. The van der Waals surface area contributed by atoms with Crippen molar-refractivity contribution in [1.82, 2.24) is 0 Å². The van der Waals surface area contributed by atoms with E-state index in [0.29, 0.717) is 28.8 Å². The summed E-state index contributed by atoms with van der Waals surface area (Å²) in [5.74, 6) is 0.996. The molecule has 7 heteroatoms. The van der Waals surface area contributed by atoms with Gasteiger partial charge in [-0.05, 0) is 42.9 Å². The van der Waals surface area contributed by atoms with Crippen LogP contribution < -0.4 is 20.1 Å². The third kappa shape index (κ3) is 6.45. The zero-order valence-corrected chi connectivity index (χ0v) is 16.5. The van der Waals surface area contributed by atoms with E-state index < -0.39 is 0 Å². The molecule has 0 spiro atoms. The molecule has 0 aliphatic heterocycles. The van der Waals surface area contributed by atoms with Crippen LogP contribution in [0.25, 0.3) is 0 Å². The summed E-state index contributed by atoms with van der Waals surface area (Å²) in [6.45, 7) is 2.49. The van der Waals surface area contributed by atoms with E-state index in [1.54, 1.807) is 44.6 Å². The highest BCUT2D eigenvalue weighted by molar-refractivity contribution is 7.80. The van der Waals surface area contributed by atoms with Crippen molar-refractivity contribution < 1.29 is 19.0 Å². The van der Waals surface area contributed by atoms with Crippen LogP contribution in [-0.4, -0.2) is 31.9 Å². The van der Waals surface area contributed by atoms with Crippen LogP contribution in [0.2, 0.25) is 0 Å². The Morgan fingerprint density at radius 1 is 0.963 bits per heavy atom. The smallest absolute Gasteiger partial charge is 0.338 e. The minimum Gasteiger partial charge on any atom is -0.497 e. The molecule has 2 aromatic carbocycles. The lowest BCUT2D eigenvalue weighted by molar-refractivity contribution is 0.0500. The molecule has 0 saturated heterocycles. The normalized spacial score (nSPS) is 10.0. The second kappa shape index (κ2) is 10.4. The summed E-state index contributed by atoms with van der Waals surface area (Å²) in [7, 11) is 3.17. The first-order valence-electron chi connectivity index (χ1n) is 8.64. The van der Waals surface area contributed by atoms with Crippen molar-refractivity contribution >= 4 is 34.7 Å². The third-order valence-electron chi connectivity index (χ3n) is 3.72. The van der Waals surface area contributed by atoms with E-state index in [2.05, 4.69) is 10.6 Å². The monoisotopic (exact) mass is 388 g/mol. The van der Waals surface area contributed by atoms with Crippen LogP contribution >= 0.6 is 12.2 Å². The van der Waals surface area contributed by atoms with Crippen molar-refractivity contribution in [3.05, 3.63) is 48.0 Å². The van der Waals surface area contributed by atoms with E-state index in [1.807, 2.05) is 19.1 Å². The van der Waals surface area contributed by atoms with Gasteiger partial charge in [-0.2, -0.15) is 0 Å². The molecular formula is C20H24N2O4S. The molecule has 0 fully saturated rings. The van der Waals surface area contributed by atoms with Gasteiger partial charge in [0.1, 0.15) is 11.5 Å². The Labute approximate surface area is 164 Å². The molecule has 6 nitrogen and oxygen atoms in total. The van der Waals surface area contributed by atoms with Gasteiger partial charge in [0.15, 0.2) is 5.11 Å². The van der Waals surface area contributed by atoms with Gasteiger partial charge in [0.25, 0.3) is 0 Å². The molecule has 0 aromatic heterocycles. The number of ether oxygens (including phenoxy) is 3. The van der Waals surface area contributed by atoms with Crippen LogP contribution in [-0.2, 0) is 4.74 Å². The minimum absolute atomic E-state index is 0.320. The molecule has 0 amide bonds. The first-order valence-corrected chi connectivity index (χ1v) is 9.04. The zero-order valence-electron chi connectivity index (χ0n) is 15.7. The van der Waals surface area contributed by atoms with Crippen molar-refractivity contribution in [2.24, 2.45) is 0 Å². The van der Waals surface area contributed by atoms with Gasteiger partial charge in [-0.25, -0.2) is 4.79 Å². The van der Waals surface area contributed by atoms with Crippen LogP contribution in [0.5, 0.6) is 11.5 Å². The molecule has 0 radical (unpaired) electrons. The minimum atomic E-state index is -0.320. The fourth-order valence-electron chi connectivity index (χ4n) is 2.26. The van der Waals surface area contributed by atoms with Crippen LogP contribution in [0.3, 0.4) is 0 Å². The predicted octanol–water partition coefficient (Wildman–Crippen LogP) is 4.47. The van der Waals surface area contributed by atoms with E-state index in [4.69, 9.17) is 26.4 Å². The van der Waals surface area contributed by atoms with E-state index in [1.165, 1.54) is 0 Å². The molecule has 144 valence electrons. The standard InChI is InChI=1S/C20H24N2O4S/c1-4-5-10-26-19(23)14-6-8-15(9-7-14)21-20(27)22-16-11-17(24-2)13-18(12-16)25-3/h6-9,11-13H,4-5,10H2,1-3H3,(H2,21,22,27). The summed E-state index contributed by atoms with van der Waals surface area (Å²) in [5.41, 5.74) is 2.00. The Morgan fingerprint density at radius 3 is 2.11 bits per heavy atom. The van der Waals surface area contributed by atoms with Crippen LogP contribution in [0.4, 0.5) is 11.4 Å². The number of nitrogens with one attached hydrogen (secondary N) is 2. The van der Waals surface area contributed by atoms with Crippen molar-refractivity contribution in [2.75, 3.05) is 31.5 Å². The van der Waals surface area contributed by atoms with Gasteiger partial charge < -0.3 is 24.8 Å². The number of rotatable bonds is 8. The second-order valence-electron chi connectivity index (χ2n) is 5.75. The highest BCUT2D eigenvalue weighted by Crippen LogP contribution is 2.26. The summed E-state index contributed by atoms with van der Waals surface area (Å²) in [5, 5.41) is 6.56. The van der Waals surface area contributed by atoms with Gasteiger partial charge in [-0.1, -0.05) is 13.3 Å². The van der Waals surface area contributed by atoms with Gasteiger partial charge in [-0.15, -0.1) is 0 Å². The molecule has 0 atom stereocenters. The third-order valence-corrected chi connectivity index (χ3v) is 3.92. The Kier molecular flexibility index (Phi) is 7.88. The molecule has 0 saturated carbocycles. The molecule has 0 unspecified atom stereocenters. The van der Waals surface area contributed by atoms with Crippen molar-refractivity contribution in [3.8, 4) is 11.5 Å². The van der Waals surface area contributed by atoms with E-state index in [-0.39, 0.29) is 5.97 Å². The predicted molar refractivity (Wildman–Crippen MR) is 111 cm³/mol. The molecule has 0 aliphatic rings. The van der Waals surface area contributed by atoms with Crippen LogP contribution in [0.15, 0.2) is 42.5 Å². The summed E-state index contributed by atoms with van der Waals surface area (Å²) < 4.78 is 15.7. The summed E-state index contributed by atoms with van der Waals surface area (Å²) in [4.78, 5) is 11.9. The summed E-state index contributed by atoms with van der Waals surface area (Å²) >= 11 is 5.34. The molecule has 2 N–H and O–H groups in total. The number of anilines is 2. The molecule has 0 heterocycles. The number of methoxy groups -OCH3 is 2. The Bertz CT molecular complexity index is 756. The maximum absolute atomic E-state index is 11.9. The van der Waals surface area contributed by atoms with E-state index in [9.17, 15) is 4.79 Å².